The molecule has 148 valence electrons. The number of hydrogen-bond acceptors (Lipinski definition) is 7. The zero-order valence-corrected chi connectivity index (χ0v) is 15.9. The second-order valence-electron chi connectivity index (χ2n) is 6.36. The Hall–Kier alpha value is -4.01. The van der Waals surface area contributed by atoms with Crippen LogP contribution in [0, 0.1) is 6.92 Å². The first-order chi connectivity index (χ1) is 13.8. The summed E-state index contributed by atoms with van der Waals surface area (Å²) in [7, 11) is 0. The van der Waals surface area contributed by atoms with Crippen LogP contribution in [-0.2, 0) is 4.79 Å². The first-order valence-electron chi connectivity index (χ1n) is 8.77. The van der Waals surface area contributed by atoms with Gasteiger partial charge in [-0.2, -0.15) is 0 Å². The van der Waals surface area contributed by atoms with Crippen LogP contribution in [-0.4, -0.2) is 32.8 Å². The first-order valence-corrected chi connectivity index (χ1v) is 8.77. The third-order valence-electron chi connectivity index (χ3n) is 4.00. The van der Waals surface area contributed by atoms with Crippen LogP contribution >= 0.6 is 0 Å². The summed E-state index contributed by atoms with van der Waals surface area (Å²) in [6.45, 7) is 3.48. The van der Waals surface area contributed by atoms with Crippen molar-refractivity contribution >= 4 is 17.6 Å². The summed E-state index contributed by atoms with van der Waals surface area (Å²) < 4.78 is 5.75. The fraction of sp³-hybridized carbons (Fsp3) is 0.150. The molecule has 0 radical (unpaired) electrons. The van der Waals surface area contributed by atoms with Gasteiger partial charge in [-0.15, -0.1) is 0 Å². The number of pyridine rings is 1. The van der Waals surface area contributed by atoms with Gasteiger partial charge in [-0.25, -0.2) is 9.97 Å². The Balaban J connectivity index is 1.86. The average Bonchev–Trinajstić information content (AvgIpc) is 2.70. The molecule has 5 N–H and O–H groups in total. The largest absolute Gasteiger partial charge is 0.456 e. The summed E-state index contributed by atoms with van der Waals surface area (Å²) >= 11 is 0. The van der Waals surface area contributed by atoms with Crippen molar-refractivity contribution < 1.29 is 14.3 Å². The van der Waals surface area contributed by atoms with Crippen molar-refractivity contribution in [1.29, 1.82) is 0 Å². The van der Waals surface area contributed by atoms with Crippen molar-refractivity contribution in [1.82, 2.24) is 15.0 Å². The van der Waals surface area contributed by atoms with E-state index >= 15 is 0 Å². The summed E-state index contributed by atoms with van der Waals surface area (Å²) in [5, 5.41) is 2.83. The molecule has 0 aliphatic heterocycles. The number of ether oxygens (including phenoxy) is 1. The predicted molar refractivity (Wildman–Crippen MR) is 107 cm³/mol. The molecule has 0 aliphatic rings. The number of carbonyl (C=O) groups excluding carboxylic acids is 2. The van der Waals surface area contributed by atoms with E-state index in [9.17, 15) is 9.59 Å². The van der Waals surface area contributed by atoms with E-state index in [1.165, 1.54) is 6.07 Å². The fourth-order valence-electron chi connectivity index (χ4n) is 2.39. The molecule has 0 saturated heterocycles. The number of nitrogens with zero attached hydrogens (tertiary/aromatic N) is 3. The van der Waals surface area contributed by atoms with Crippen LogP contribution in [0.4, 0.5) is 5.82 Å². The van der Waals surface area contributed by atoms with Gasteiger partial charge in [0.2, 0.25) is 5.91 Å². The van der Waals surface area contributed by atoms with Crippen LogP contribution in [0.3, 0.4) is 0 Å². The summed E-state index contributed by atoms with van der Waals surface area (Å²) in [5.41, 5.74) is 12.2. The number of rotatable bonds is 7. The Morgan fingerprint density at radius 2 is 1.72 bits per heavy atom. The molecule has 0 aliphatic carbocycles. The topological polar surface area (TPSA) is 146 Å². The minimum absolute atomic E-state index is 0.0141. The summed E-state index contributed by atoms with van der Waals surface area (Å²) in [6, 6.07) is 11.4. The van der Waals surface area contributed by atoms with Crippen LogP contribution in [0.2, 0.25) is 0 Å². The van der Waals surface area contributed by atoms with E-state index in [4.69, 9.17) is 16.2 Å². The normalized spacial score (nSPS) is 11.5. The number of aromatic nitrogens is 3. The maximum Gasteiger partial charge on any atom is 0.267 e. The SMILES string of the molecule is Cc1ccc(Oc2ccc(-c3nc(N[C@@H](C)C(N)=O)cc(C(N)=O)n3)cc2)cn1. The number of nitrogens with one attached hydrogen (secondary N) is 1. The van der Waals surface area contributed by atoms with Crippen molar-refractivity contribution in [3.05, 3.63) is 60.0 Å². The van der Waals surface area contributed by atoms with E-state index < -0.39 is 17.9 Å². The molecule has 2 heterocycles. The zero-order chi connectivity index (χ0) is 21.0. The molecule has 0 spiro atoms. The van der Waals surface area contributed by atoms with Gasteiger partial charge in [0.25, 0.3) is 5.91 Å². The number of aryl methyl sites for hydroxylation is 1. The van der Waals surface area contributed by atoms with E-state index in [0.29, 0.717) is 17.1 Å². The Morgan fingerprint density at radius 3 is 2.31 bits per heavy atom. The van der Waals surface area contributed by atoms with E-state index in [0.717, 1.165) is 5.69 Å². The number of anilines is 1. The summed E-state index contributed by atoms with van der Waals surface area (Å²) in [5.74, 6) is 0.478. The molecule has 3 rings (SSSR count). The molecule has 1 aromatic carbocycles. The fourth-order valence-corrected chi connectivity index (χ4v) is 2.39. The lowest BCUT2D eigenvalue weighted by Crippen LogP contribution is -2.33. The van der Waals surface area contributed by atoms with Gasteiger partial charge < -0.3 is 21.5 Å². The molecule has 0 unspecified atom stereocenters. The third-order valence-corrected chi connectivity index (χ3v) is 4.00. The van der Waals surface area contributed by atoms with Crippen molar-refractivity contribution in [3.8, 4) is 22.9 Å². The number of hydrogen-bond donors (Lipinski definition) is 3. The Labute approximate surface area is 167 Å². The van der Waals surface area contributed by atoms with Crippen molar-refractivity contribution in [2.45, 2.75) is 19.9 Å². The second-order valence-corrected chi connectivity index (χ2v) is 6.36. The molecule has 9 heteroatoms. The highest BCUT2D eigenvalue weighted by atomic mass is 16.5. The number of primary amides is 2. The molecule has 0 bridgehead atoms. The molecular formula is C20H20N6O3. The van der Waals surface area contributed by atoms with Gasteiger partial charge in [0, 0.05) is 17.3 Å². The standard InChI is InChI=1S/C20H20N6O3/c1-11-3-6-15(10-23-11)29-14-7-4-13(5-8-14)20-25-16(19(22)28)9-17(26-20)24-12(2)18(21)27/h3-10,12H,1-2H3,(H2,21,27)(H2,22,28)(H,24,25,26)/t12-/m0/s1. The number of benzene rings is 1. The van der Waals surface area contributed by atoms with Crippen LogP contribution in [0.5, 0.6) is 11.5 Å². The highest BCUT2D eigenvalue weighted by molar-refractivity contribution is 5.92. The lowest BCUT2D eigenvalue weighted by atomic mass is 10.2. The molecule has 1 atom stereocenters. The Bertz CT molecular complexity index is 1040. The van der Waals surface area contributed by atoms with Crippen LogP contribution in [0.1, 0.15) is 23.1 Å². The first kappa shape index (κ1) is 19.7. The van der Waals surface area contributed by atoms with Gasteiger partial charge in [0.15, 0.2) is 5.82 Å². The Kier molecular flexibility index (Phi) is 5.68. The lowest BCUT2D eigenvalue weighted by molar-refractivity contribution is -0.118. The van der Waals surface area contributed by atoms with Gasteiger partial charge in [0.1, 0.15) is 29.1 Å². The van der Waals surface area contributed by atoms with Crippen molar-refractivity contribution in [2.75, 3.05) is 5.32 Å². The second kappa shape index (κ2) is 8.34. The zero-order valence-electron chi connectivity index (χ0n) is 15.9. The molecule has 3 aromatic rings. The quantitative estimate of drug-likeness (QED) is 0.557. The molecule has 0 fully saturated rings. The van der Waals surface area contributed by atoms with Crippen molar-refractivity contribution in [3.63, 3.8) is 0 Å². The molecule has 29 heavy (non-hydrogen) atoms. The maximum atomic E-state index is 11.6. The molecule has 9 nitrogen and oxygen atoms in total. The van der Waals surface area contributed by atoms with Gasteiger partial charge in [-0.05, 0) is 50.2 Å². The van der Waals surface area contributed by atoms with E-state index in [1.807, 2.05) is 19.1 Å². The van der Waals surface area contributed by atoms with Gasteiger partial charge in [-0.1, -0.05) is 0 Å². The monoisotopic (exact) mass is 392 g/mol. The van der Waals surface area contributed by atoms with Gasteiger partial charge >= 0.3 is 0 Å². The van der Waals surface area contributed by atoms with Gasteiger partial charge in [-0.3, -0.25) is 14.6 Å². The molecule has 0 saturated carbocycles. The molecule has 2 amide bonds. The summed E-state index contributed by atoms with van der Waals surface area (Å²) in [4.78, 5) is 35.6. The molecular weight excluding hydrogens is 372 g/mol. The average molecular weight is 392 g/mol. The van der Waals surface area contributed by atoms with Crippen LogP contribution in [0.15, 0.2) is 48.7 Å². The van der Waals surface area contributed by atoms with Crippen LogP contribution in [0.25, 0.3) is 11.4 Å². The predicted octanol–water partition coefficient (Wildman–Crippen LogP) is 2.02. The van der Waals surface area contributed by atoms with E-state index in [2.05, 4.69) is 20.3 Å². The number of amides is 2. The number of nitrogens with two attached hydrogens (primary N) is 2. The van der Waals surface area contributed by atoms with Crippen molar-refractivity contribution in [2.24, 2.45) is 11.5 Å². The number of carbonyl (C=O) groups is 2. The van der Waals surface area contributed by atoms with E-state index in [1.54, 1.807) is 37.4 Å². The minimum atomic E-state index is -0.713. The smallest absolute Gasteiger partial charge is 0.267 e. The Morgan fingerprint density at radius 1 is 1.03 bits per heavy atom. The highest BCUT2D eigenvalue weighted by Gasteiger charge is 2.14. The van der Waals surface area contributed by atoms with E-state index in [-0.39, 0.29) is 17.3 Å². The van der Waals surface area contributed by atoms with Gasteiger partial charge in [0.05, 0.1) is 6.20 Å². The van der Waals surface area contributed by atoms with Crippen LogP contribution < -0.4 is 21.5 Å². The molecule has 2 aromatic heterocycles. The minimum Gasteiger partial charge on any atom is -0.456 e. The summed E-state index contributed by atoms with van der Waals surface area (Å²) in [6.07, 6.45) is 1.64. The third kappa shape index (κ3) is 5.04. The maximum absolute atomic E-state index is 11.6. The highest BCUT2D eigenvalue weighted by Crippen LogP contribution is 2.25. The lowest BCUT2D eigenvalue weighted by Gasteiger charge is -2.13.